The van der Waals surface area contributed by atoms with Crippen LogP contribution in [0.1, 0.15) is 15.7 Å². The maximum Gasteiger partial charge on any atom is 2.00 e. The average molecular weight is 208 g/mol. The summed E-state index contributed by atoms with van der Waals surface area (Å²) in [5.74, 6) is -2.15. The molecule has 50 valence electrons. The van der Waals surface area contributed by atoms with Gasteiger partial charge in [0.25, 0.3) is 0 Å². The van der Waals surface area contributed by atoms with Gasteiger partial charge in [0.2, 0.25) is 0 Å². The van der Waals surface area contributed by atoms with Gasteiger partial charge >= 0.3 is 57.4 Å². The Bertz CT molecular complexity index is 105. The second kappa shape index (κ2) is 6.54. The predicted octanol–water partition coefficient (Wildman–Crippen LogP) is -0.220. The molecule has 0 aromatic heterocycles. The van der Waals surface area contributed by atoms with E-state index in [0.29, 0.717) is 0 Å². The van der Waals surface area contributed by atoms with Crippen molar-refractivity contribution in [1.29, 1.82) is 0 Å². The maximum atomic E-state index is 9.64. The fraction of sp³-hybridized carbons (Fsp3) is 0.500. The summed E-state index contributed by atoms with van der Waals surface area (Å²) in [6.45, 7) is 0. The molecule has 0 aliphatic heterocycles. The number of rotatable bonds is 3. The minimum atomic E-state index is -1.08. The standard InChI is InChI=1S/C4H6O4.Sr.2H/c5-3(6)1-2-4(7)8;;;/h1-2H2,(H,5,6)(H,7,8);;;/q;+2;2*-1. The number of hydrogen-bond donors (Lipinski definition) is 2. The topological polar surface area (TPSA) is 74.6 Å². The van der Waals surface area contributed by atoms with E-state index < -0.39 is 11.9 Å². The Morgan fingerprint density at radius 1 is 1.11 bits per heavy atom. The summed E-state index contributed by atoms with van der Waals surface area (Å²) in [7, 11) is 0. The third-order valence-electron chi connectivity index (χ3n) is 0.553. The van der Waals surface area contributed by atoms with Crippen molar-refractivity contribution in [2.45, 2.75) is 12.8 Å². The first-order valence-electron chi connectivity index (χ1n) is 2.06. The average Bonchev–Trinajstić information content (AvgIpc) is 1.61. The van der Waals surface area contributed by atoms with Crippen molar-refractivity contribution in [3.8, 4) is 0 Å². The van der Waals surface area contributed by atoms with Crippen LogP contribution < -0.4 is 0 Å². The molecule has 0 heterocycles. The molecule has 0 saturated carbocycles. The van der Waals surface area contributed by atoms with Crippen LogP contribution in [0.4, 0.5) is 0 Å². The number of carbonyl (C=O) groups is 2. The van der Waals surface area contributed by atoms with Crippen molar-refractivity contribution in [2.75, 3.05) is 0 Å². The Kier molecular flexibility index (Phi) is 8.81. The fourth-order valence-corrected chi connectivity index (χ4v) is 0.214. The molecule has 0 aliphatic rings. The number of carboxylic acid groups (broad SMARTS) is 2. The Hall–Kier alpha value is 0.421. The summed E-state index contributed by atoms with van der Waals surface area (Å²) < 4.78 is 0. The van der Waals surface area contributed by atoms with E-state index in [0.717, 1.165) is 0 Å². The maximum absolute atomic E-state index is 9.64. The molecule has 0 atom stereocenters. The normalized spacial score (nSPS) is 7.56. The molecule has 2 N–H and O–H groups in total. The van der Waals surface area contributed by atoms with E-state index in [9.17, 15) is 9.59 Å². The minimum absolute atomic E-state index is 0. The SMILES string of the molecule is O=C(O)CCC(=O)O.[H-].[H-].[Sr+2]. The number of aliphatic carboxylic acids is 2. The van der Waals surface area contributed by atoms with Gasteiger partial charge in [0.1, 0.15) is 0 Å². The fourth-order valence-electron chi connectivity index (χ4n) is 0.214. The van der Waals surface area contributed by atoms with E-state index in [1.807, 2.05) is 0 Å². The van der Waals surface area contributed by atoms with Gasteiger partial charge in [-0.3, -0.25) is 9.59 Å². The van der Waals surface area contributed by atoms with Crippen LogP contribution in [-0.4, -0.2) is 67.6 Å². The predicted molar refractivity (Wildman–Crippen MR) is 32.5 cm³/mol. The summed E-state index contributed by atoms with van der Waals surface area (Å²) in [4.78, 5) is 19.3. The van der Waals surface area contributed by atoms with E-state index in [4.69, 9.17) is 10.2 Å². The number of carboxylic acids is 2. The van der Waals surface area contributed by atoms with Crippen LogP contribution >= 0.6 is 0 Å². The third-order valence-corrected chi connectivity index (χ3v) is 0.553. The third kappa shape index (κ3) is 11.8. The van der Waals surface area contributed by atoms with E-state index >= 15 is 0 Å². The van der Waals surface area contributed by atoms with Gasteiger partial charge in [-0.1, -0.05) is 0 Å². The molecule has 0 aromatic carbocycles. The molecule has 0 aromatic rings. The molecule has 0 rings (SSSR count). The Morgan fingerprint density at radius 2 is 1.33 bits per heavy atom. The molecule has 0 spiro atoms. The first-order chi connectivity index (χ1) is 3.63. The van der Waals surface area contributed by atoms with E-state index in [2.05, 4.69) is 0 Å². The Morgan fingerprint density at radius 3 is 1.44 bits per heavy atom. The molecule has 0 saturated heterocycles. The molecular weight excluding hydrogens is 200 g/mol. The van der Waals surface area contributed by atoms with Crippen molar-refractivity contribution >= 4 is 57.4 Å². The van der Waals surface area contributed by atoms with Gasteiger partial charge in [0.15, 0.2) is 0 Å². The van der Waals surface area contributed by atoms with E-state index in [-0.39, 0.29) is 61.2 Å². The molecule has 0 bridgehead atoms. The zero-order valence-corrected chi connectivity index (χ0v) is 8.31. The molecule has 4 nitrogen and oxygen atoms in total. The van der Waals surface area contributed by atoms with Crippen molar-refractivity contribution < 1.29 is 22.7 Å². The van der Waals surface area contributed by atoms with Crippen LogP contribution in [0, 0.1) is 0 Å². The Balaban J connectivity index is -0.0000000817. The molecule has 0 aliphatic carbocycles. The zero-order valence-electron chi connectivity index (χ0n) is 6.83. The van der Waals surface area contributed by atoms with Crippen LogP contribution in [0.5, 0.6) is 0 Å². The Labute approximate surface area is 92.1 Å². The summed E-state index contributed by atoms with van der Waals surface area (Å²) in [6.07, 6.45) is -0.593. The monoisotopic (exact) mass is 208 g/mol. The van der Waals surface area contributed by atoms with Gasteiger partial charge in [0.05, 0.1) is 12.8 Å². The molecule has 9 heavy (non-hydrogen) atoms. The van der Waals surface area contributed by atoms with E-state index in [1.54, 1.807) is 0 Å². The van der Waals surface area contributed by atoms with Gasteiger partial charge in [-0.2, -0.15) is 0 Å². The van der Waals surface area contributed by atoms with Gasteiger partial charge in [-0.25, -0.2) is 0 Å². The molecular formula is C4H8O4Sr. The van der Waals surface area contributed by atoms with Crippen LogP contribution in [0.15, 0.2) is 0 Å². The first kappa shape index (κ1) is 12.1. The molecule has 0 unspecified atom stereocenters. The van der Waals surface area contributed by atoms with Crippen molar-refractivity contribution in [1.82, 2.24) is 0 Å². The molecule has 0 radical (unpaired) electrons. The summed E-state index contributed by atoms with van der Waals surface area (Å²) in [6, 6.07) is 0. The molecule has 0 fully saturated rings. The quantitative estimate of drug-likeness (QED) is 0.628. The largest absolute Gasteiger partial charge is 2.00 e. The van der Waals surface area contributed by atoms with Gasteiger partial charge in [-0.15, -0.1) is 0 Å². The smallest absolute Gasteiger partial charge is 1.00 e. The minimum Gasteiger partial charge on any atom is -1.00 e. The molecule has 5 heteroatoms. The second-order valence-electron chi connectivity index (χ2n) is 1.29. The van der Waals surface area contributed by atoms with E-state index in [1.165, 1.54) is 0 Å². The van der Waals surface area contributed by atoms with Crippen molar-refractivity contribution in [3.05, 3.63) is 0 Å². The van der Waals surface area contributed by atoms with Crippen LogP contribution in [0.2, 0.25) is 0 Å². The summed E-state index contributed by atoms with van der Waals surface area (Å²) in [5, 5.41) is 15.8. The van der Waals surface area contributed by atoms with Crippen molar-refractivity contribution in [2.24, 2.45) is 0 Å². The summed E-state index contributed by atoms with van der Waals surface area (Å²) >= 11 is 0. The summed E-state index contributed by atoms with van der Waals surface area (Å²) in [5.41, 5.74) is 0. The zero-order chi connectivity index (χ0) is 6.57. The van der Waals surface area contributed by atoms with Crippen LogP contribution in [0.25, 0.3) is 0 Å². The van der Waals surface area contributed by atoms with Crippen molar-refractivity contribution in [3.63, 3.8) is 0 Å². The van der Waals surface area contributed by atoms with Crippen LogP contribution in [0.3, 0.4) is 0 Å². The first-order valence-corrected chi connectivity index (χ1v) is 2.06. The second-order valence-corrected chi connectivity index (χ2v) is 1.29. The van der Waals surface area contributed by atoms with Gasteiger partial charge in [0, 0.05) is 0 Å². The van der Waals surface area contributed by atoms with Crippen LogP contribution in [-0.2, 0) is 9.59 Å². The molecule has 0 amide bonds. The van der Waals surface area contributed by atoms with Gasteiger partial charge in [-0.05, 0) is 0 Å². The number of hydrogen-bond acceptors (Lipinski definition) is 2. The van der Waals surface area contributed by atoms with Gasteiger partial charge < -0.3 is 13.1 Å².